The molecule has 7 nitrogen and oxygen atoms in total. The van der Waals surface area contributed by atoms with E-state index in [0.29, 0.717) is 16.5 Å². The largest absolute Gasteiger partial charge is 0.448 e. The number of carbonyl (C=O) groups is 1. The second-order valence-electron chi connectivity index (χ2n) is 8.30. The molecule has 174 valence electrons. The van der Waals surface area contributed by atoms with Gasteiger partial charge < -0.3 is 4.42 Å². The van der Waals surface area contributed by atoms with E-state index in [1.165, 1.54) is 42.8 Å². The maximum absolute atomic E-state index is 13.1. The average molecular weight is 496 g/mol. The molecule has 1 N–H and O–H groups in total. The highest BCUT2D eigenvalue weighted by molar-refractivity contribution is 7.92. The molecule has 0 saturated carbocycles. The highest BCUT2D eigenvalue weighted by Crippen LogP contribution is 2.31. The number of halogens is 1. The molecule has 4 rings (SSSR count). The van der Waals surface area contributed by atoms with Crippen molar-refractivity contribution in [2.75, 3.05) is 4.72 Å². The summed E-state index contributed by atoms with van der Waals surface area (Å²) in [6.45, 7) is 5.68. The Morgan fingerprint density at radius 1 is 1.03 bits per heavy atom. The second-order valence-corrected chi connectivity index (χ2v) is 10.4. The summed E-state index contributed by atoms with van der Waals surface area (Å²) in [4.78, 5) is 21.5. The second kappa shape index (κ2) is 9.04. The van der Waals surface area contributed by atoms with Crippen molar-refractivity contribution in [3.63, 3.8) is 0 Å². The summed E-state index contributed by atoms with van der Waals surface area (Å²) < 4.78 is 34.2. The predicted octanol–water partition coefficient (Wildman–Crippen LogP) is 5.39. The molecule has 2 heterocycles. The zero-order chi connectivity index (χ0) is 24.5. The molecule has 0 saturated heterocycles. The number of pyridine rings is 1. The molecular weight excluding hydrogens is 474 g/mol. The van der Waals surface area contributed by atoms with Crippen molar-refractivity contribution in [1.29, 1.82) is 0 Å². The van der Waals surface area contributed by atoms with Gasteiger partial charge in [-0.1, -0.05) is 23.7 Å². The molecule has 0 aliphatic heterocycles. The van der Waals surface area contributed by atoms with Crippen LogP contribution in [0.1, 0.15) is 46.9 Å². The van der Waals surface area contributed by atoms with Crippen LogP contribution in [0.3, 0.4) is 0 Å². The Kier molecular flexibility index (Phi) is 6.29. The number of sulfonamides is 1. The van der Waals surface area contributed by atoms with Crippen molar-refractivity contribution >= 4 is 33.1 Å². The molecule has 0 unspecified atom stereocenters. The first-order valence-corrected chi connectivity index (χ1v) is 12.2. The number of aromatic nitrogens is 2. The normalized spacial score (nSPS) is 11.9. The van der Waals surface area contributed by atoms with Crippen molar-refractivity contribution in [1.82, 2.24) is 9.97 Å². The van der Waals surface area contributed by atoms with Gasteiger partial charge in [0.25, 0.3) is 10.0 Å². The topological polar surface area (TPSA) is 102 Å². The summed E-state index contributed by atoms with van der Waals surface area (Å²) in [6.07, 6.45) is 4.51. The van der Waals surface area contributed by atoms with Gasteiger partial charge in [0.1, 0.15) is 6.26 Å². The maximum atomic E-state index is 13.1. The molecule has 4 aromatic rings. The van der Waals surface area contributed by atoms with Crippen molar-refractivity contribution in [2.45, 2.75) is 31.1 Å². The number of oxazole rings is 1. The minimum absolute atomic E-state index is 0.0461. The Morgan fingerprint density at radius 3 is 2.38 bits per heavy atom. The van der Waals surface area contributed by atoms with Gasteiger partial charge in [0.15, 0.2) is 5.78 Å². The molecule has 0 amide bonds. The zero-order valence-corrected chi connectivity index (χ0v) is 20.3. The number of carbonyl (C=O) groups excluding carboxylic acids is 1. The third-order valence-corrected chi connectivity index (χ3v) is 7.11. The summed E-state index contributed by atoms with van der Waals surface area (Å²) in [5, 5.41) is 0.310. The van der Waals surface area contributed by atoms with E-state index in [4.69, 9.17) is 16.0 Å². The highest BCUT2D eigenvalue weighted by atomic mass is 35.5. The fourth-order valence-corrected chi connectivity index (χ4v) is 4.71. The van der Waals surface area contributed by atoms with Gasteiger partial charge in [-0.2, -0.15) is 0 Å². The Bertz CT molecular complexity index is 1430. The van der Waals surface area contributed by atoms with Crippen LogP contribution in [0.4, 0.5) is 5.69 Å². The molecule has 0 spiro atoms. The molecule has 0 bridgehead atoms. The third kappa shape index (κ3) is 4.73. The lowest BCUT2D eigenvalue weighted by Gasteiger charge is -2.21. The van der Waals surface area contributed by atoms with Crippen LogP contribution >= 0.6 is 11.6 Å². The van der Waals surface area contributed by atoms with Crippen molar-refractivity contribution in [3.8, 4) is 0 Å². The number of ketones is 1. The Labute approximate surface area is 202 Å². The summed E-state index contributed by atoms with van der Waals surface area (Å²) in [5.41, 5.74) is 1.63. The van der Waals surface area contributed by atoms with Crippen LogP contribution in [0.2, 0.25) is 5.02 Å². The predicted molar refractivity (Wildman–Crippen MR) is 130 cm³/mol. The van der Waals surface area contributed by atoms with Gasteiger partial charge in [0.2, 0.25) is 5.89 Å². The van der Waals surface area contributed by atoms with E-state index in [1.807, 2.05) is 20.8 Å². The first kappa shape index (κ1) is 23.7. The summed E-state index contributed by atoms with van der Waals surface area (Å²) in [5.74, 6) is 0.131. The first-order chi connectivity index (χ1) is 16.1. The van der Waals surface area contributed by atoms with Crippen molar-refractivity contribution < 1.29 is 17.6 Å². The van der Waals surface area contributed by atoms with Gasteiger partial charge in [-0.15, -0.1) is 0 Å². The molecule has 0 radical (unpaired) electrons. The lowest BCUT2D eigenvalue weighted by atomic mass is 9.84. The van der Waals surface area contributed by atoms with E-state index < -0.39 is 21.2 Å². The standard InChI is InChI=1S/C25H22ClN3O4S/c1-16-4-5-17(15-28-16)23(30)21-14-19(26)8-11-22(21)29-34(31,32)20-9-6-18(7-10-20)25(2,3)24-27-12-13-33-24/h4-15,29H,1-3H3. The van der Waals surface area contributed by atoms with E-state index in [-0.39, 0.29) is 16.1 Å². The van der Waals surface area contributed by atoms with Crippen LogP contribution in [-0.4, -0.2) is 24.2 Å². The molecule has 0 aliphatic rings. The monoisotopic (exact) mass is 495 g/mol. The Morgan fingerprint density at radius 2 is 1.76 bits per heavy atom. The third-order valence-electron chi connectivity index (χ3n) is 5.50. The van der Waals surface area contributed by atoms with Gasteiger partial charge in [0.05, 0.1) is 22.2 Å². The lowest BCUT2D eigenvalue weighted by molar-refractivity contribution is 0.103. The minimum Gasteiger partial charge on any atom is -0.448 e. The van der Waals surface area contributed by atoms with E-state index in [0.717, 1.165) is 11.3 Å². The number of anilines is 1. The van der Waals surface area contributed by atoms with Crippen molar-refractivity contribution in [3.05, 3.63) is 107 Å². The molecule has 2 aromatic heterocycles. The molecule has 2 aromatic carbocycles. The van der Waals surface area contributed by atoms with Crippen LogP contribution in [0.25, 0.3) is 0 Å². The van der Waals surface area contributed by atoms with Crippen LogP contribution in [0, 0.1) is 6.92 Å². The lowest BCUT2D eigenvalue weighted by Crippen LogP contribution is -2.20. The summed E-state index contributed by atoms with van der Waals surface area (Å²) >= 11 is 6.11. The SMILES string of the molecule is Cc1ccc(C(=O)c2cc(Cl)ccc2NS(=O)(=O)c2ccc(C(C)(C)c3ncco3)cc2)cn1. The van der Waals surface area contributed by atoms with Crippen LogP contribution in [-0.2, 0) is 15.4 Å². The molecule has 9 heteroatoms. The number of hydrogen-bond acceptors (Lipinski definition) is 6. The highest BCUT2D eigenvalue weighted by Gasteiger charge is 2.28. The fraction of sp³-hybridized carbons (Fsp3) is 0.160. The van der Waals surface area contributed by atoms with Crippen molar-refractivity contribution in [2.24, 2.45) is 0 Å². The number of hydrogen-bond donors (Lipinski definition) is 1. The van der Waals surface area contributed by atoms with Gasteiger partial charge in [-0.25, -0.2) is 13.4 Å². The van der Waals surface area contributed by atoms with E-state index >= 15 is 0 Å². The number of benzene rings is 2. The van der Waals surface area contributed by atoms with Gasteiger partial charge >= 0.3 is 0 Å². The smallest absolute Gasteiger partial charge is 0.261 e. The van der Waals surface area contributed by atoms with Crippen LogP contribution < -0.4 is 4.72 Å². The van der Waals surface area contributed by atoms with E-state index in [9.17, 15) is 13.2 Å². The summed E-state index contributed by atoms with van der Waals surface area (Å²) in [6, 6.07) is 14.2. The first-order valence-electron chi connectivity index (χ1n) is 10.4. The number of nitrogens with one attached hydrogen (secondary N) is 1. The quantitative estimate of drug-likeness (QED) is 0.345. The zero-order valence-electron chi connectivity index (χ0n) is 18.7. The number of rotatable bonds is 7. The number of nitrogens with zero attached hydrogens (tertiary/aromatic N) is 2. The fourth-order valence-electron chi connectivity index (χ4n) is 3.46. The van der Waals surface area contributed by atoms with Gasteiger partial charge in [-0.3, -0.25) is 14.5 Å². The average Bonchev–Trinajstić information content (AvgIpc) is 3.36. The van der Waals surface area contributed by atoms with E-state index in [1.54, 1.807) is 30.5 Å². The molecule has 34 heavy (non-hydrogen) atoms. The summed E-state index contributed by atoms with van der Waals surface area (Å²) in [7, 11) is -3.99. The van der Waals surface area contributed by atoms with Gasteiger partial charge in [-0.05, 0) is 68.8 Å². The van der Waals surface area contributed by atoms with E-state index in [2.05, 4.69) is 14.7 Å². The molecule has 0 aliphatic carbocycles. The number of aryl methyl sites for hydroxylation is 1. The molecule has 0 atom stereocenters. The van der Waals surface area contributed by atoms with Crippen LogP contribution in [0.5, 0.6) is 0 Å². The maximum Gasteiger partial charge on any atom is 0.261 e. The van der Waals surface area contributed by atoms with Gasteiger partial charge in [0, 0.05) is 28.0 Å². The Hall–Kier alpha value is -3.49. The Balaban J connectivity index is 1.64. The molecule has 0 fully saturated rings. The minimum atomic E-state index is -3.99. The molecular formula is C25H22ClN3O4S. The van der Waals surface area contributed by atoms with Crippen LogP contribution in [0.15, 0.2) is 82.6 Å².